The van der Waals surface area contributed by atoms with Crippen molar-refractivity contribution in [3.05, 3.63) is 23.0 Å². The van der Waals surface area contributed by atoms with Crippen LogP contribution in [0.25, 0.3) is 0 Å². The number of rotatable bonds is 5. The first-order valence-corrected chi connectivity index (χ1v) is 6.64. The van der Waals surface area contributed by atoms with Crippen LogP contribution in [0.4, 0.5) is 0 Å². The molecule has 0 N–H and O–H groups in total. The number of halogens is 1. The molecule has 0 aliphatic rings. The topological polar surface area (TPSA) is 22.1 Å². The van der Waals surface area contributed by atoms with Gasteiger partial charge in [-0.25, -0.2) is 0 Å². The van der Waals surface area contributed by atoms with Gasteiger partial charge in [0.15, 0.2) is 0 Å². The van der Waals surface area contributed by atoms with Crippen LogP contribution in [-0.2, 0) is 6.42 Å². The molecule has 0 radical (unpaired) electrons. The van der Waals surface area contributed by atoms with Crippen molar-refractivity contribution in [3.63, 3.8) is 0 Å². The molecule has 1 unspecified atom stereocenters. The van der Waals surface area contributed by atoms with Crippen molar-refractivity contribution in [1.29, 1.82) is 0 Å². The second-order valence-electron chi connectivity index (χ2n) is 4.09. The lowest BCUT2D eigenvalue weighted by atomic mass is 10.1. The van der Waals surface area contributed by atoms with Crippen molar-refractivity contribution in [2.45, 2.75) is 44.9 Å². The Hall–Kier alpha value is -0.570. The Morgan fingerprint density at radius 1 is 1.44 bits per heavy atom. The minimum atomic E-state index is 0.584. The zero-order chi connectivity index (χ0) is 12.1. The highest BCUT2D eigenvalue weighted by atomic mass is 79.9. The van der Waals surface area contributed by atoms with Crippen LogP contribution in [0.15, 0.2) is 6.20 Å². The Morgan fingerprint density at radius 2 is 2.12 bits per heavy atom. The Balaban J connectivity index is 2.81. The van der Waals surface area contributed by atoms with Gasteiger partial charge in [0.25, 0.3) is 0 Å². The maximum Gasteiger partial charge on any atom is 0.128 e. The fraction of sp³-hybridized carbons (Fsp3) is 0.615. The molecule has 0 bridgehead atoms. The summed E-state index contributed by atoms with van der Waals surface area (Å²) in [6, 6.07) is 0. The number of aryl methyl sites for hydroxylation is 2. The number of pyridine rings is 1. The van der Waals surface area contributed by atoms with Crippen LogP contribution in [0.2, 0.25) is 0 Å². The van der Waals surface area contributed by atoms with E-state index < -0.39 is 0 Å². The van der Waals surface area contributed by atoms with Crippen molar-refractivity contribution in [2.75, 3.05) is 7.11 Å². The molecule has 1 atom stereocenters. The van der Waals surface area contributed by atoms with Crippen molar-refractivity contribution in [2.24, 2.45) is 0 Å². The van der Waals surface area contributed by atoms with Crippen LogP contribution in [0, 0.1) is 13.8 Å². The molecular formula is C13H20BrNO. The summed E-state index contributed by atoms with van der Waals surface area (Å²) in [4.78, 5) is 5.08. The third-order valence-electron chi connectivity index (χ3n) is 2.89. The lowest BCUT2D eigenvalue weighted by Gasteiger charge is -2.13. The van der Waals surface area contributed by atoms with Gasteiger partial charge >= 0.3 is 0 Å². The van der Waals surface area contributed by atoms with E-state index in [1.165, 1.54) is 5.56 Å². The van der Waals surface area contributed by atoms with Gasteiger partial charge in [-0.1, -0.05) is 22.9 Å². The maximum atomic E-state index is 5.40. The predicted molar refractivity (Wildman–Crippen MR) is 71.6 cm³/mol. The van der Waals surface area contributed by atoms with Crippen LogP contribution in [-0.4, -0.2) is 16.9 Å². The van der Waals surface area contributed by atoms with E-state index in [1.807, 2.05) is 13.1 Å². The highest BCUT2D eigenvalue weighted by Crippen LogP contribution is 2.25. The molecule has 1 aromatic rings. The highest BCUT2D eigenvalue weighted by Gasteiger charge is 2.10. The van der Waals surface area contributed by atoms with Gasteiger partial charge in [-0.15, -0.1) is 0 Å². The summed E-state index contributed by atoms with van der Waals surface area (Å²) in [5, 5.41) is 0. The molecule has 0 aliphatic carbocycles. The first kappa shape index (κ1) is 13.5. The lowest BCUT2D eigenvalue weighted by Crippen LogP contribution is -2.03. The standard InChI is InChI=1S/C13H20BrNO/c1-5-11(14)6-7-12-10(3)13(16-4)9(2)8-15-12/h8,11H,5-7H2,1-4H3. The zero-order valence-electron chi connectivity index (χ0n) is 10.5. The molecule has 90 valence electrons. The van der Waals surface area contributed by atoms with Crippen molar-refractivity contribution in [1.82, 2.24) is 4.98 Å². The average Bonchev–Trinajstić information content (AvgIpc) is 2.28. The molecule has 3 heteroatoms. The van der Waals surface area contributed by atoms with Gasteiger partial charge in [-0.05, 0) is 33.1 Å². The minimum Gasteiger partial charge on any atom is -0.496 e. The third-order valence-corrected chi connectivity index (χ3v) is 3.99. The van der Waals surface area contributed by atoms with E-state index in [1.54, 1.807) is 7.11 Å². The van der Waals surface area contributed by atoms with Gasteiger partial charge < -0.3 is 4.74 Å². The van der Waals surface area contributed by atoms with Crippen LogP contribution < -0.4 is 4.74 Å². The monoisotopic (exact) mass is 285 g/mol. The molecule has 0 saturated heterocycles. The number of hydrogen-bond donors (Lipinski definition) is 0. The van der Waals surface area contributed by atoms with E-state index in [0.29, 0.717) is 4.83 Å². The molecule has 2 nitrogen and oxygen atoms in total. The smallest absolute Gasteiger partial charge is 0.128 e. The van der Waals surface area contributed by atoms with Crippen molar-refractivity contribution in [3.8, 4) is 5.75 Å². The number of methoxy groups -OCH3 is 1. The minimum absolute atomic E-state index is 0.584. The van der Waals surface area contributed by atoms with E-state index in [2.05, 4.69) is 34.8 Å². The van der Waals surface area contributed by atoms with Gasteiger partial charge in [0, 0.05) is 27.8 Å². The molecule has 1 aromatic heterocycles. The summed E-state index contributed by atoms with van der Waals surface area (Å²) in [7, 11) is 1.72. The maximum absolute atomic E-state index is 5.40. The quantitative estimate of drug-likeness (QED) is 0.768. The SMILES string of the molecule is CCC(Br)CCc1ncc(C)c(OC)c1C. The summed E-state index contributed by atoms with van der Waals surface area (Å²) < 4.78 is 5.40. The Labute approximate surface area is 107 Å². The number of ether oxygens (including phenoxy) is 1. The number of alkyl halides is 1. The molecule has 0 aromatic carbocycles. The fourth-order valence-electron chi connectivity index (χ4n) is 1.82. The molecule has 0 spiro atoms. The first-order chi connectivity index (χ1) is 7.60. The van der Waals surface area contributed by atoms with Crippen LogP contribution >= 0.6 is 15.9 Å². The normalized spacial score (nSPS) is 12.6. The molecule has 16 heavy (non-hydrogen) atoms. The molecule has 0 aliphatic heterocycles. The Bertz CT molecular complexity index is 352. The summed E-state index contributed by atoms with van der Waals surface area (Å²) in [6.45, 7) is 6.31. The zero-order valence-corrected chi connectivity index (χ0v) is 12.1. The van der Waals surface area contributed by atoms with Gasteiger partial charge in [0.1, 0.15) is 5.75 Å². The largest absolute Gasteiger partial charge is 0.496 e. The van der Waals surface area contributed by atoms with E-state index in [-0.39, 0.29) is 0 Å². The summed E-state index contributed by atoms with van der Waals surface area (Å²) in [5.74, 6) is 0.979. The predicted octanol–water partition coefficient (Wildman–Crippen LogP) is 3.81. The van der Waals surface area contributed by atoms with Gasteiger partial charge in [0.05, 0.1) is 7.11 Å². The fourth-order valence-corrected chi connectivity index (χ4v) is 2.05. The molecule has 0 fully saturated rings. The number of aromatic nitrogens is 1. The van der Waals surface area contributed by atoms with Crippen molar-refractivity contribution < 1.29 is 4.74 Å². The number of hydrogen-bond acceptors (Lipinski definition) is 2. The third kappa shape index (κ3) is 3.21. The Morgan fingerprint density at radius 3 is 2.69 bits per heavy atom. The number of nitrogens with zero attached hydrogens (tertiary/aromatic N) is 1. The molecule has 1 heterocycles. The summed E-state index contributed by atoms with van der Waals surface area (Å²) in [5.41, 5.74) is 3.44. The van der Waals surface area contributed by atoms with Gasteiger partial charge in [-0.3, -0.25) is 4.98 Å². The second kappa shape index (κ2) is 6.24. The van der Waals surface area contributed by atoms with E-state index in [4.69, 9.17) is 4.74 Å². The summed E-state index contributed by atoms with van der Waals surface area (Å²) in [6.07, 6.45) is 5.18. The molecule has 1 rings (SSSR count). The van der Waals surface area contributed by atoms with Crippen LogP contribution in [0.1, 0.15) is 36.6 Å². The highest BCUT2D eigenvalue weighted by molar-refractivity contribution is 9.09. The van der Waals surface area contributed by atoms with Crippen molar-refractivity contribution >= 4 is 15.9 Å². The second-order valence-corrected chi connectivity index (χ2v) is 5.39. The Kier molecular flexibility index (Phi) is 5.26. The first-order valence-electron chi connectivity index (χ1n) is 5.73. The van der Waals surface area contributed by atoms with E-state index >= 15 is 0 Å². The molecule has 0 amide bonds. The lowest BCUT2D eigenvalue weighted by molar-refractivity contribution is 0.406. The molecular weight excluding hydrogens is 266 g/mol. The van der Waals surface area contributed by atoms with Gasteiger partial charge in [-0.2, -0.15) is 0 Å². The van der Waals surface area contributed by atoms with Crippen LogP contribution in [0.5, 0.6) is 5.75 Å². The van der Waals surface area contributed by atoms with E-state index in [0.717, 1.165) is 36.3 Å². The average molecular weight is 286 g/mol. The summed E-state index contributed by atoms with van der Waals surface area (Å²) >= 11 is 3.65. The van der Waals surface area contributed by atoms with Crippen LogP contribution in [0.3, 0.4) is 0 Å². The molecule has 0 saturated carbocycles. The van der Waals surface area contributed by atoms with Gasteiger partial charge in [0.2, 0.25) is 0 Å². The van der Waals surface area contributed by atoms with E-state index in [9.17, 15) is 0 Å².